The maximum absolute atomic E-state index is 14.1. The van der Waals surface area contributed by atoms with Gasteiger partial charge in [-0.3, -0.25) is 9.59 Å². The molecule has 0 saturated heterocycles. The van der Waals surface area contributed by atoms with E-state index >= 15 is 0 Å². The molecule has 1 heterocycles. The molecule has 1 aromatic heterocycles. The second-order valence-electron chi connectivity index (χ2n) is 10.2. The summed E-state index contributed by atoms with van der Waals surface area (Å²) in [4.78, 5) is 47.1. The highest BCUT2D eigenvalue weighted by atomic mass is 16.5. The molecule has 10 nitrogen and oxygen atoms in total. The van der Waals surface area contributed by atoms with E-state index in [0.29, 0.717) is 17.0 Å². The largest absolute Gasteiger partial charge is 0.496 e. The number of methoxy groups -OCH3 is 1. The van der Waals surface area contributed by atoms with Gasteiger partial charge < -0.3 is 31.2 Å². The Morgan fingerprint density at radius 1 is 1.10 bits per heavy atom. The Morgan fingerprint density at radius 2 is 1.79 bits per heavy atom. The number of nitrogens with two attached hydrogens (primary N) is 2. The van der Waals surface area contributed by atoms with Crippen molar-refractivity contribution in [1.29, 1.82) is 0 Å². The topological polar surface area (TPSA) is 165 Å². The molecule has 0 unspecified atom stereocenters. The second kappa shape index (κ2) is 12.7. The predicted molar refractivity (Wildman–Crippen MR) is 159 cm³/mol. The standard InChI is InChI=1S/C32H35N5O5/c1-18-12-23(29(34)38)13-19(2)24(18)15-26(33)31(39)37(17-21-10-11-28(42-4)25(14-21)32(40)41)20(3)30-35-16-27(36-30)22-8-6-5-7-9-22/h5-14,16,20,26H,15,17,33H2,1-4H3,(H2,34,38)(H,35,36)(H,40,41)/t20-,26-/m0/s1/i4+1D3. The molecule has 0 saturated carbocycles. The lowest BCUT2D eigenvalue weighted by Crippen LogP contribution is -2.46. The molecule has 10 heteroatoms. The van der Waals surface area contributed by atoms with E-state index in [2.05, 4.69) is 9.97 Å². The van der Waals surface area contributed by atoms with Gasteiger partial charge in [0.2, 0.25) is 11.8 Å². The molecule has 218 valence electrons. The molecule has 0 aliphatic carbocycles. The monoisotopic (exact) mass is 573 g/mol. The maximum Gasteiger partial charge on any atom is 0.339 e. The molecule has 2 atom stereocenters. The Balaban J connectivity index is 1.69. The van der Waals surface area contributed by atoms with Crippen LogP contribution in [0.1, 0.15) is 65.9 Å². The normalized spacial score (nSPS) is 13.8. The third-order valence-electron chi connectivity index (χ3n) is 7.29. The summed E-state index contributed by atoms with van der Waals surface area (Å²) in [6.45, 7) is 5.34. The van der Waals surface area contributed by atoms with Crippen molar-refractivity contribution >= 4 is 17.8 Å². The quantitative estimate of drug-likeness (QED) is 0.196. The molecule has 0 spiro atoms. The zero-order chi connectivity index (χ0) is 33.1. The molecule has 0 radical (unpaired) electrons. The summed E-state index contributed by atoms with van der Waals surface area (Å²) in [6, 6.07) is 15.2. The van der Waals surface area contributed by atoms with Crippen molar-refractivity contribution in [2.24, 2.45) is 11.5 Å². The van der Waals surface area contributed by atoms with Gasteiger partial charge in [0.15, 0.2) is 0 Å². The summed E-state index contributed by atoms with van der Waals surface area (Å²) in [7, 11) is -2.85. The van der Waals surface area contributed by atoms with Crippen molar-refractivity contribution in [3.05, 3.63) is 106 Å². The fourth-order valence-electron chi connectivity index (χ4n) is 4.97. The molecule has 0 aliphatic rings. The van der Waals surface area contributed by atoms with Gasteiger partial charge in [0.25, 0.3) is 0 Å². The lowest BCUT2D eigenvalue weighted by molar-refractivity contribution is -0.135. The number of carboxylic acids is 1. The van der Waals surface area contributed by atoms with Crippen molar-refractivity contribution in [3.63, 3.8) is 0 Å². The van der Waals surface area contributed by atoms with Gasteiger partial charge in [-0.05, 0) is 79.3 Å². The summed E-state index contributed by atoms with van der Waals surface area (Å²) in [6.07, 6.45) is 1.83. The molecule has 4 aromatic rings. The van der Waals surface area contributed by atoms with Crippen molar-refractivity contribution in [2.45, 2.75) is 45.8 Å². The number of benzene rings is 3. The number of hydrogen-bond acceptors (Lipinski definition) is 6. The predicted octanol–water partition coefficient (Wildman–Crippen LogP) is 4.16. The van der Waals surface area contributed by atoms with Gasteiger partial charge in [0, 0.05) is 12.1 Å². The molecule has 0 fully saturated rings. The van der Waals surface area contributed by atoms with E-state index in [9.17, 15) is 19.5 Å². The van der Waals surface area contributed by atoms with Gasteiger partial charge in [0.05, 0.1) is 35.1 Å². The summed E-state index contributed by atoms with van der Waals surface area (Å²) in [5.41, 5.74) is 16.4. The summed E-state index contributed by atoms with van der Waals surface area (Å²) in [5, 5.41) is 9.78. The molecule has 0 bridgehead atoms. The van der Waals surface area contributed by atoms with Gasteiger partial charge in [0.1, 0.15) is 17.1 Å². The number of carbonyl (C=O) groups is 3. The lowest BCUT2D eigenvalue weighted by atomic mass is 9.93. The smallest absolute Gasteiger partial charge is 0.339 e. The van der Waals surface area contributed by atoms with E-state index in [1.807, 2.05) is 44.2 Å². The van der Waals surface area contributed by atoms with Crippen molar-refractivity contribution in [3.8, 4) is 17.0 Å². The van der Waals surface area contributed by atoms with Gasteiger partial charge in [-0.25, -0.2) is 9.78 Å². The minimum atomic E-state index is -2.85. The Bertz CT molecular complexity index is 1700. The van der Waals surface area contributed by atoms with Gasteiger partial charge in [-0.15, -0.1) is 0 Å². The van der Waals surface area contributed by atoms with E-state index < -0.39 is 36.9 Å². The van der Waals surface area contributed by atoms with Crippen LogP contribution in [0.4, 0.5) is 0 Å². The van der Waals surface area contributed by atoms with Crippen molar-refractivity contribution in [1.82, 2.24) is 14.9 Å². The number of primary amides is 1. The minimum absolute atomic E-state index is 0.0675. The van der Waals surface area contributed by atoms with Gasteiger partial charge >= 0.3 is 5.97 Å². The number of carboxylic acid groups (broad SMARTS) is 1. The van der Waals surface area contributed by atoms with E-state index in [0.717, 1.165) is 27.9 Å². The van der Waals surface area contributed by atoms with Gasteiger partial charge in [-0.1, -0.05) is 36.4 Å². The van der Waals surface area contributed by atoms with E-state index in [1.165, 1.54) is 23.1 Å². The number of nitrogens with one attached hydrogen (secondary N) is 1. The average molecular weight is 574 g/mol. The van der Waals surface area contributed by atoms with Crippen LogP contribution in [0.2, 0.25) is 0 Å². The average Bonchev–Trinajstić information content (AvgIpc) is 3.47. The van der Waals surface area contributed by atoms with Crippen LogP contribution in [0, 0.1) is 13.8 Å². The van der Waals surface area contributed by atoms with E-state index in [-0.39, 0.29) is 24.3 Å². The number of H-pyrrole nitrogens is 1. The first-order valence-electron chi connectivity index (χ1n) is 14.8. The molecule has 2 amide bonds. The number of imidazole rings is 1. The Kier molecular flexibility index (Phi) is 7.85. The molecule has 6 N–H and O–H groups in total. The molecular weight excluding hydrogens is 535 g/mol. The first kappa shape index (κ1) is 26.0. The summed E-state index contributed by atoms with van der Waals surface area (Å²) < 4.78 is 27.0. The van der Waals surface area contributed by atoms with E-state index in [1.54, 1.807) is 25.3 Å². The third kappa shape index (κ3) is 6.50. The van der Waals surface area contributed by atoms with Crippen LogP contribution >= 0.6 is 0 Å². The van der Waals surface area contributed by atoms with Crippen molar-refractivity contribution < 1.29 is 28.3 Å². The van der Waals surface area contributed by atoms with Crippen LogP contribution in [0.25, 0.3) is 11.3 Å². The number of nitrogens with zero attached hydrogens (tertiary/aromatic N) is 2. The van der Waals surface area contributed by atoms with Crippen LogP contribution in [-0.4, -0.2) is 50.8 Å². The number of hydrogen-bond donors (Lipinski definition) is 4. The SMILES string of the molecule is [2H][13C]([2H])([2H])Oc1ccc(CN(C(=O)[C@@H](N)Cc2c(C)cc(C(N)=O)cc2C)[C@@H](C)c2ncc(-c3ccccc3)[nH]2)cc1C(=O)O. The first-order valence-corrected chi connectivity index (χ1v) is 13.3. The zero-order valence-corrected chi connectivity index (χ0v) is 23.5. The zero-order valence-electron chi connectivity index (χ0n) is 26.5. The molecule has 4 rings (SSSR count). The fourth-order valence-corrected chi connectivity index (χ4v) is 4.97. The summed E-state index contributed by atoms with van der Waals surface area (Å²) >= 11 is 0. The fraction of sp³-hybridized carbons (Fsp3) is 0.250. The molecule has 3 aromatic carbocycles. The van der Waals surface area contributed by atoms with Crippen LogP contribution in [0.5, 0.6) is 5.75 Å². The minimum Gasteiger partial charge on any atom is -0.496 e. The second-order valence-corrected chi connectivity index (χ2v) is 10.2. The number of aromatic carboxylic acids is 1. The Hall–Kier alpha value is -4.96. The van der Waals surface area contributed by atoms with Crippen LogP contribution in [0.3, 0.4) is 0 Å². The number of aryl methyl sites for hydroxylation is 2. The first-order chi connectivity index (χ1) is 21.1. The highest BCUT2D eigenvalue weighted by Crippen LogP contribution is 2.28. The number of ether oxygens (including phenoxy) is 1. The molecular formula is C32H35N5O5. The Morgan fingerprint density at radius 3 is 2.40 bits per heavy atom. The molecule has 0 aliphatic heterocycles. The number of aromatic nitrogens is 2. The summed E-state index contributed by atoms with van der Waals surface area (Å²) in [5.74, 6) is -2.22. The van der Waals surface area contributed by atoms with Crippen LogP contribution in [-0.2, 0) is 17.8 Å². The molecule has 42 heavy (non-hydrogen) atoms. The van der Waals surface area contributed by atoms with Gasteiger partial charge in [-0.2, -0.15) is 0 Å². The number of amides is 2. The highest BCUT2D eigenvalue weighted by Gasteiger charge is 2.29. The maximum atomic E-state index is 14.1. The van der Waals surface area contributed by atoms with Crippen LogP contribution < -0.4 is 16.2 Å². The highest BCUT2D eigenvalue weighted by molar-refractivity contribution is 5.93. The number of aromatic amines is 1. The Labute approximate surface area is 248 Å². The number of carbonyl (C=O) groups excluding carboxylic acids is 2. The van der Waals surface area contributed by atoms with Crippen molar-refractivity contribution in [2.75, 3.05) is 7.04 Å². The third-order valence-corrected chi connectivity index (χ3v) is 7.29. The van der Waals surface area contributed by atoms with E-state index in [4.69, 9.17) is 20.3 Å². The number of rotatable bonds is 11. The van der Waals surface area contributed by atoms with Crippen LogP contribution in [0.15, 0.2) is 66.9 Å². The lowest BCUT2D eigenvalue weighted by Gasteiger charge is -2.31.